The maximum absolute atomic E-state index is 12.1. The number of fused-ring (bicyclic) bond motifs is 1. The molecule has 18 heavy (non-hydrogen) atoms. The molecule has 0 aromatic carbocycles. The third kappa shape index (κ3) is 1.87. The van der Waals surface area contributed by atoms with Gasteiger partial charge < -0.3 is 14.8 Å². The van der Waals surface area contributed by atoms with Crippen molar-refractivity contribution in [3.8, 4) is 0 Å². The summed E-state index contributed by atoms with van der Waals surface area (Å²) in [5.41, 5.74) is 0.308. The summed E-state index contributed by atoms with van der Waals surface area (Å²) in [7, 11) is 0. The van der Waals surface area contributed by atoms with Gasteiger partial charge in [0.05, 0.1) is 5.70 Å². The monoisotopic (exact) mass is 251 g/mol. The van der Waals surface area contributed by atoms with Gasteiger partial charge in [0.1, 0.15) is 6.10 Å². The number of ketones is 1. The van der Waals surface area contributed by atoms with Crippen LogP contribution in [0.15, 0.2) is 11.8 Å². The Balaban J connectivity index is 1.75. The van der Waals surface area contributed by atoms with Gasteiger partial charge in [-0.3, -0.25) is 9.59 Å². The highest BCUT2D eigenvalue weighted by Gasteiger charge is 2.53. The summed E-state index contributed by atoms with van der Waals surface area (Å²) in [5, 5.41) is 2.52. The molecule has 1 heterocycles. The number of ether oxygens (including phenoxy) is 2. The van der Waals surface area contributed by atoms with E-state index in [0.717, 1.165) is 25.7 Å². The van der Waals surface area contributed by atoms with Gasteiger partial charge in [-0.25, -0.2) is 0 Å². The molecule has 1 spiro atoms. The fourth-order valence-corrected chi connectivity index (χ4v) is 2.98. The van der Waals surface area contributed by atoms with Crippen molar-refractivity contribution in [2.45, 2.75) is 57.0 Å². The highest BCUT2D eigenvalue weighted by atomic mass is 16.8. The van der Waals surface area contributed by atoms with E-state index in [1.807, 2.05) is 0 Å². The van der Waals surface area contributed by atoms with E-state index in [1.54, 1.807) is 6.08 Å². The number of amides is 1. The van der Waals surface area contributed by atoms with E-state index in [9.17, 15) is 9.59 Å². The van der Waals surface area contributed by atoms with Crippen LogP contribution in [0.4, 0.5) is 0 Å². The largest absolute Gasteiger partial charge is 0.339 e. The number of rotatable bonds is 1. The lowest BCUT2D eigenvalue weighted by molar-refractivity contribution is -0.193. The van der Waals surface area contributed by atoms with Crippen LogP contribution in [0.3, 0.4) is 0 Å². The minimum atomic E-state index is -0.565. The molecular weight excluding hydrogens is 234 g/mol. The first-order valence-corrected chi connectivity index (χ1v) is 6.49. The molecule has 0 bridgehead atoms. The molecule has 0 unspecified atom stereocenters. The molecule has 1 saturated carbocycles. The Morgan fingerprint density at radius 3 is 2.67 bits per heavy atom. The molecule has 1 aliphatic heterocycles. The van der Waals surface area contributed by atoms with Gasteiger partial charge >= 0.3 is 0 Å². The van der Waals surface area contributed by atoms with Gasteiger partial charge in [-0.15, -0.1) is 0 Å². The second kappa shape index (κ2) is 4.17. The summed E-state index contributed by atoms with van der Waals surface area (Å²) in [5.74, 6) is -0.971. The Morgan fingerprint density at radius 1 is 1.33 bits per heavy atom. The van der Waals surface area contributed by atoms with Crippen molar-refractivity contribution in [3.05, 3.63) is 11.8 Å². The lowest BCUT2D eigenvalue weighted by Gasteiger charge is -2.32. The first-order valence-electron chi connectivity index (χ1n) is 6.49. The predicted molar refractivity (Wildman–Crippen MR) is 62.5 cm³/mol. The summed E-state index contributed by atoms with van der Waals surface area (Å²) in [6.45, 7) is 1.38. The van der Waals surface area contributed by atoms with Crippen LogP contribution in [-0.4, -0.2) is 29.7 Å². The highest BCUT2D eigenvalue weighted by Crippen LogP contribution is 2.43. The molecule has 1 N–H and O–H groups in total. The molecule has 0 aromatic heterocycles. The summed E-state index contributed by atoms with van der Waals surface area (Å²) in [6, 6.07) is 0. The minimum Gasteiger partial charge on any atom is -0.339 e. The van der Waals surface area contributed by atoms with Gasteiger partial charge in [0.2, 0.25) is 11.7 Å². The molecule has 98 valence electrons. The van der Waals surface area contributed by atoms with Crippen molar-refractivity contribution in [3.63, 3.8) is 0 Å². The lowest BCUT2D eigenvalue weighted by Crippen LogP contribution is -2.36. The van der Waals surface area contributed by atoms with Gasteiger partial charge in [-0.1, -0.05) is 6.42 Å². The number of hydrogen-bond donors (Lipinski definition) is 1. The van der Waals surface area contributed by atoms with Crippen LogP contribution in [0.2, 0.25) is 0 Å². The van der Waals surface area contributed by atoms with E-state index in [1.165, 1.54) is 13.3 Å². The van der Waals surface area contributed by atoms with E-state index < -0.39 is 11.9 Å². The van der Waals surface area contributed by atoms with Crippen LogP contribution in [0.5, 0.6) is 0 Å². The van der Waals surface area contributed by atoms with Gasteiger partial charge in [0.25, 0.3) is 0 Å². The van der Waals surface area contributed by atoms with Crippen LogP contribution in [0, 0.1) is 0 Å². The molecule has 3 rings (SSSR count). The topological polar surface area (TPSA) is 64.6 Å². The van der Waals surface area contributed by atoms with E-state index in [-0.39, 0.29) is 17.8 Å². The van der Waals surface area contributed by atoms with Crippen molar-refractivity contribution < 1.29 is 19.1 Å². The third-order valence-corrected chi connectivity index (χ3v) is 3.77. The third-order valence-electron chi connectivity index (χ3n) is 3.77. The van der Waals surface area contributed by atoms with E-state index in [4.69, 9.17) is 9.47 Å². The summed E-state index contributed by atoms with van der Waals surface area (Å²) >= 11 is 0. The second-order valence-electron chi connectivity index (χ2n) is 5.22. The smallest absolute Gasteiger partial charge is 0.221 e. The molecule has 2 aliphatic carbocycles. The zero-order valence-corrected chi connectivity index (χ0v) is 10.4. The summed E-state index contributed by atoms with van der Waals surface area (Å²) < 4.78 is 11.8. The average Bonchev–Trinajstić information content (AvgIpc) is 2.78. The molecule has 0 aromatic rings. The van der Waals surface area contributed by atoms with Gasteiger partial charge in [-0.05, 0) is 18.9 Å². The van der Waals surface area contributed by atoms with Crippen LogP contribution in [0.1, 0.15) is 39.0 Å². The summed E-state index contributed by atoms with van der Waals surface area (Å²) in [4.78, 5) is 23.0. The molecule has 5 nitrogen and oxygen atoms in total. The first kappa shape index (κ1) is 11.9. The van der Waals surface area contributed by atoms with Crippen molar-refractivity contribution in [1.29, 1.82) is 0 Å². The Hall–Kier alpha value is -1.20. The number of Topliss-reactive ketones (excluding diaryl/α,β-unsaturated/α-hetero) is 1. The zero-order chi connectivity index (χ0) is 12.8. The Bertz CT molecular complexity index is 423. The summed E-state index contributed by atoms with van der Waals surface area (Å²) in [6.07, 6.45) is 5.85. The van der Waals surface area contributed by atoms with E-state index >= 15 is 0 Å². The normalized spacial score (nSPS) is 33.4. The number of carbonyl (C=O) groups is 2. The SMILES string of the molecule is CC(=O)NC1=C[C@H]2OC3(CCCCC3)O[C@H]2C1=O. The second-order valence-corrected chi connectivity index (χ2v) is 5.22. The van der Waals surface area contributed by atoms with Gasteiger partial charge in [-0.2, -0.15) is 0 Å². The predicted octanol–water partition coefficient (Wildman–Crippen LogP) is 1.03. The van der Waals surface area contributed by atoms with Gasteiger partial charge in [0.15, 0.2) is 11.9 Å². The molecule has 5 heteroatoms. The molecular formula is C13H17NO4. The van der Waals surface area contributed by atoms with Crippen molar-refractivity contribution in [2.75, 3.05) is 0 Å². The average molecular weight is 251 g/mol. The fourth-order valence-electron chi connectivity index (χ4n) is 2.98. The molecule has 0 radical (unpaired) electrons. The van der Waals surface area contributed by atoms with Crippen molar-refractivity contribution >= 4 is 11.7 Å². The standard InChI is InChI=1S/C13H17NO4/c1-8(15)14-9-7-10-12(11(9)16)18-13(17-10)5-3-2-4-6-13/h7,10,12H,2-6H2,1H3,(H,14,15)/t10-,12-/m1/s1. The highest BCUT2D eigenvalue weighted by molar-refractivity contribution is 6.04. The number of hydrogen-bond acceptors (Lipinski definition) is 4. The molecule has 2 atom stereocenters. The quantitative estimate of drug-likeness (QED) is 0.756. The number of nitrogens with one attached hydrogen (secondary N) is 1. The fraction of sp³-hybridized carbons (Fsp3) is 0.692. The minimum absolute atomic E-state index is 0.169. The molecule has 1 amide bonds. The molecule has 2 fully saturated rings. The van der Waals surface area contributed by atoms with E-state index in [2.05, 4.69) is 5.32 Å². The zero-order valence-electron chi connectivity index (χ0n) is 10.4. The Morgan fingerprint density at radius 2 is 2.06 bits per heavy atom. The maximum Gasteiger partial charge on any atom is 0.221 e. The van der Waals surface area contributed by atoms with Crippen LogP contribution < -0.4 is 5.32 Å². The van der Waals surface area contributed by atoms with Gasteiger partial charge in [0, 0.05) is 19.8 Å². The van der Waals surface area contributed by atoms with Crippen molar-refractivity contribution in [1.82, 2.24) is 5.32 Å². The van der Waals surface area contributed by atoms with Crippen LogP contribution in [0.25, 0.3) is 0 Å². The Labute approximate surface area is 106 Å². The van der Waals surface area contributed by atoms with E-state index in [0.29, 0.717) is 5.70 Å². The Kier molecular flexibility index (Phi) is 2.75. The van der Waals surface area contributed by atoms with Crippen LogP contribution in [-0.2, 0) is 19.1 Å². The first-order chi connectivity index (χ1) is 8.60. The van der Waals surface area contributed by atoms with Crippen molar-refractivity contribution in [2.24, 2.45) is 0 Å². The number of carbonyl (C=O) groups excluding carboxylic acids is 2. The lowest BCUT2D eigenvalue weighted by atomic mass is 9.94. The maximum atomic E-state index is 12.1. The molecule has 3 aliphatic rings. The molecule has 1 saturated heterocycles. The van der Waals surface area contributed by atoms with Crippen LogP contribution >= 0.6 is 0 Å².